The van der Waals surface area contributed by atoms with Crippen LogP contribution in [0.15, 0.2) is 5.03 Å². The topological polar surface area (TPSA) is 58.0 Å². The SMILES string of the molecule is CCCc1nc(NCC)c(C)c(SC(C)CO)n1. The number of hydrogen-bond donors (Lipinski definition) is 2. The number of aromatic nitrogens is 2. The van der Waals surface area contributed by atoms with Crippen LogP contribution in [-0.4, -0.2) is 33.5 Å². The number of anilines is 1. The Labute approximate surface area is 114 Å². The van der Waals surface area contributed by atoms with E-state index in [1.54, 1.807) is 11.8 Å². The van der Waals surface area contributed by atoms with Gasteiger partial charge in [-0.2, -0.15) is 0 Å². The zero-order valence-corrected chi connectivity index (χ0v) is 12.5. The van der Waals surface area contributed by atoms with Crippen molar-refractivity contribution < 1.29 is 5.11 Å². The summed E-state index contributed by atoms with van der Waals surface area (Å²) in [6.45, 7) is 9.22. The average Bonchev–Trinajstić information content (AvgIpc) is 2.35. The van der Waals surface area contributed by atoms with E-state index in [2.05, 4.69) is 29.1 Å². The van der Waals surface area contributed by atoms with Crippen molar-refractivity contribution in [3.63, 3.8) is 0 Å². The minimum atomic E-state index is 0.155. The number of aliphatic hydroxyl groups excluding tert-OH is 1. The maximum absolute atomic E-state index is 9.15. The third-order valence-corrected chi connectivity index (χ3v) is 3.71. The first-order chi connectivity index (χ1) is 8.62. The van der Waals surface area contributed by atoms with Gasteiger partial charge in [0.05, 0.1) is 6.61 Å². The molecule has 0 amide bonds. The van der Waals surface area contributed by atoms with Crippen molar-refractivity contribution >= 4 is 17.6 Å². The molecule has 1 unspecified atom stereocenters. The minimum Gasteiger partial charge on any atom is -0.395 e. The maximum Gasteiger partial charge on any atom is 0.133 e. The Bertz CT molecular complexity index is 385. The third kappa shape index (κ3) is 4.14. The van der Waals surface area contributed by atoms with Crippen LogP contribution in [0.25, 0.3) is 0 Å². The summed E-state index contributed by atoms with van der Waals surface area (Å²) < 4.78 is 0. The van der Waals surface area contributed by atoms with Gasteiger partial charge >= 0.3 is 0 Å². The number of hydrogen-bond acceptors (Lipinski definition) is 5. The molecule has 0 radical (unpaired) electrons. The molecule has 4 nitrogen and oxygen atoms in total. The fraction of sp³-hybridized carbons (Fsp3) is 0.692. The van der Waals surface area contributed by atoms with Gasteiger partial charge in [-0.05, 0) is 20.3 Å². The molecule has 0 aromatic carbocycles. The number of nitrogens with one attached hydrogen (secondary N) is 1. The van der Waals surface area contributed by atoms with Crippen LogP contribution in [0.1, 0.15) is 38.6 Å². The quantitative estimate of drug-likeness (QED) is 0.588. The number of aryl methyl sites for hydroxylation is 1. The summed E-state index contributed by atoms with van der Waals surface area (Å²) in [7, 11) is 0. The zero-order valence-electron chi connectivity index (χ0n) is 11.7. The molecule has 0 aliphatic heterocycles. The first-order valence-corrected chi connectivity index (χ1v) is 7.39. The summed E-state index contributed by atoms with van der Waals surface area (Å²) in [6.07, 6.45) is 1.92. The fourth-order valence-electron chi connectivity index (χ4n) is 1.56. The van der Waals surface area contributed by atoms with E-state index < -0.39 is 0 Å². The average molecular weight is 269 g/mol. The molecule has 1 atom stereocenters. The van der Waals surface area contributed by atoms with Crippen LogP contribution >= 0.6 is 11.8 Å². The van der Waals surface area contributed by atoms with Crippen LogP contribution in [0.3, 0.4) is 0 Å². The Balaban J connectivity index is 3.05. The summed E-state index contributed by atoms with van der Waals surface area (Å²) in [6, 6.07) is 0. The van der Waals surface area contributed by atoms with Crippen molar-refractivity contribution in [1.82, 2.24) is 9.97 Å². The standard InChI is InChI=1S/C13H23N3OS/c1-5-7-11-15-12(14-6-2)10(4)13(16-11)18-9(3)8-17/h9,17H,5-8H2,1-4H3,(H,14,15,16). The molecular formula is C13H23N3OS. The van der Waals surface area contributed by atoms with Gasteiger partial charge in [-0.15, -0.1) is 11.8 Å². The maximum atomic E-state index is 9.15. The van der Waals surface area contributed by atoms with Gasteiger partial charge in [-0.25, -0.2) is 9.97 Å². The molecule has 0 aliphatic carbocycles. The lowest BCUT2D eigenvalue weighted by Crippen LogP contribution is -2.10. The molecule has 0 spiro atoms. The lowest BCUT2D eigenvalue weighted by molar-refractivity contribution is 0.300. The minimum absolute atomic E-state index is 0.155. The lowest BCUT2D eigenvalue weighted by atomic mass is 10.3. The Kier molecular flexibility index (Phi) is 6.43. The molecule has 2 N–H and O–H groups in total. The molecule has 18 heavy (non-hydrogen) atoms. The van der Waals surface area contributed by atoms with E-state index >= 15 is 0 Å². The van der Waals surface area contributed by atoms with Gasteiger partial charge in [-0.3, -0.25) is 0 Å². The number of nitrogens with zero attached hydrogens (tertiary/aromatic N) is 2. The molecule has 1 aromatic heterocycles. The molecule has 102 valence electrons. The van der Waals surface area contributed by atoms with Crippen molar-refractivity contribution in [1.29, 1.82) is 0 Å². The van der Waals surface area contributed by atoms with Crippen LogP contribution in [-0.2, 0) is 6.42 Å². The van der Waals surface area contributed by atoms with Gasteiger partial charge in [0.1, 0.15) is 16.7 Å². The van der Waals surface area contributed by atoms with Crippen LogP contribution in [0.5, 0.6) is 0 Å². The monoisotopic (exact) mass is 269 g/mol. The normalized spacial score (nSPS) is 12.5. The molecule has 0 aliphatic rings. The highest BCUT2D eigenvalue weighted by atomic mass is 32.2. The second kappa shape index (κ2) is 7.59. The van der Waals surface area contributed by atoms with Gasteiger partial charge in [0.2, 0.25) is 0 Å². The molecule has 0 saturated heterocycles. The molecule has 1 rings (SSSR count). The highest BCUT2D eigenvalue weighted by molar-refractivity contribution is 7.99. The van der Waals surface area contributed by atoms with Crippen LogP contribution in [0.4, 0.5) is 5.82 Å². The lowest BCUT2D eigenvalue weighted by Gasteiger charge is -2.14. The Morgan fingerprint density at radius 3 is 2.61 bits per heavy atom. The number of aliphatic hydroxyl groups is 1. The zero-order chi connectivity index (χ0) is 13.5. The fourth-order valence-corrected chi connectivity index (χ4v) is 2.45. The van der Waals surface area contributed by atoms with E-state index in [9.17, 15) is 0 Å². The van der Waals surface area contributed by atoms with Crippen LogP contribution in [0.2, 0.25) is 0 Å². The molecular weight excluding hydrogens is 246 g/mol. The predicted molar refractivity (Wildman–Crippen MR) is 77.3 cm³/mol. The smallest absolute Gasteiger partial charge is 0.133 e. The van der Waals surface area contributed by atoms with E-state index in [0.29, 0.717) is 0 Å². The number of rotatable bonds is 7. The van der Waals surface area contributed by atoms with Gasteiger partial charge in [0.15, 0.2) is 0 Å². The number of thioether (sulfide) groups is 1. The highest BCUT2D eigenvalue weighted by Crippen LogP contribution is 2.28. The second-order valence-corrected chi connectivity index (χ2v) is 5.74. The van der Waals surface area contributed by atoms with Crippen molar-refractivity contribution in [2.24, 2.45) is 0 Å². The highest BCUT2D eigenvalue weighted by Gasteiger charge is 2.13. The first-order valence-electron chi connectivity index (χ1n) is 6.51. The molecule has 0 bridgehead atoms. The molecule has 5 heteroatoms. The summed E-state index contributed by atoms with van der Waals surface area (Å²) in [5, 5.41) is 13.6. The third-order valence-electron chi connectivity index (χ3n) is 2.54. The van der Waals surface area contributed by atoms with Gasteiger partial charge < -0.3 is 10.4 Å². The van der Waals surface area contributed by atoms with Crippen molar-refractivity contribution in [2.75, 3.05) is 18.5 Å². The summed E-state index contributed by atoms with van der Waals surface area (Å²) in [4.78, 5) is 9.14. The Morgan fingerprint density at radius 1 is 1.33 bits per heavy atom. The molecule has 1 heterocycles. The van der Waals surface area contributed by atoms with Crippen LogP contribution in [0, 0.1) is 6.92 Å². The van der Waals surface area contributed by atoms with Crippen molar-refractivity contribution in [3.05, 3.63) is 11.4 Å². The van der Waals surface area contributed by atoms with E-state index in [4.69, 9.17) is 5.11 Å². The van der Waals surface area contributed by atoms with E-state index in [1.165, 1.54) is 0 Å². The summed E-state index contributed by atoms with van der Waals surface area (Å²) >= 11 is 1.61. The van der Waals surface area contributed by atoms with E-state index in [-0.39, 0.29) is 11.9 Å². The largest absolute Gasteiger partial charge is 0.395 e. The second-order valence-electron chi connectivity index (χ2n) is 4.31. The van der Waals surface area contributed by atoms with Crippen LogP contribution < -0.4 is 5.32 Å². The van der Waals surface area contributed by atoms with Gasteiger partial charge in [0, 0.05) is 23.8 Å². The predicted octanol–water partition coefficient (Wildman–Crippen LogP) is 2.64. The van der Waals surface area contributed by atoms with Gasteiger partial charge in [-0.1, -0.05) is 13.8 Å². The first kappa shape index (κ1) is 15.2. The van der Waals surface area contributed by atoms with E-state index in [1.807, 2.05) is 13.8 Å². The molecule has 1 aromatic rings. The molecule has 0 fully saturated rings. The van der Waals surface area contributed by atoms with Gasteiger partial charge in [0.25, 0.3) is 0 Å². The summed E-state index contributed by atoms with van der Waals surface area (Å²) in [5.74, 6) is 1.80. The van der Waals surface area contributed by atoms with Crippen molar-refractivity contribution in [2.45, 2.75) is 50.8 Å². The van der Waals surface area contributed by atoms with Crippen molar-refractivity contribution in [3.8, 4) is 0 Å². The molecule has 0 saturated carbocycles. The summed E-state index contributed by atoms with van der Waals surface area (Å²) in [5.41, 5.74) is 1.07. The van der Waals surface area contributed by atoms with E-state index in [0.717, 1.165) is 41.6 Å². The Hall–Kier alpha value is -0.810. The Morgan fingerprint density at radius 2 is 2.06 bits per heavy atom.